The van der Waals surface area contributed by atoms with Gasteiger partial charge in [0.05, 0.1) is 33.8 Å². The number of carbonyl (C=O) groups is 2. The van der Waals surface area contributed by atoms with Gasteiger partial charge >= 0.3 is 13.8 Å². The Hall–Kier alpha value is -3.07. The highest BCUT2D eigenvalue weighted by Gasteiger charge is 2.30. The lowest BCUT2D eigenvalue weighted by Gasteiger charge is -2.27. The lowest BCUT2D eigenvalue weighted by molar-refractivity contribution is -0.870. The molecule has 2 N–H and O–H groups in total. The van der Waals surface area contributed by atoms with Gasteiger partial charge in [-0.15, -0.1) is 0 Å². The third-order valence-corrected chi connectivity index (χ3v) is 15.0. The van der Waals surface area contributed by atoms with Crippen LogP contribution in [0.1, 0.15) is 278 Å². The largest absolute Gasteiger partial charge is 0.472 e. The molecule has 0 aliphatic carbocycles. The summed E-state index contributed by atoms with van der Waals surface area (Å²) in [6.07, 6.45) is 78.4. The van der Waals surface area contributed by atoms with Crippen molar-refractivity contribution >= 4 is 19.7 Å². The number of likely N-dealkylation sites (N-methyl/N-ethyl adjacent to an activating group) is 1. The van der Waals surface area contributed by atoms with Crippen LogP contribution >= 0.6 is 7.82 Å². The van der Waals surface area contributed by atoms with E-state index in [1.54, 1.807) is 0 Å². The van der Waals surface area contributed by atoms with Crippen molar-refractivity contribution < 1.29 is 37.3 Å². The van der Waals surface area contributed by atoms with Crippen LogP contribution in [0.3, 0.4) is 0 Å². The van der Waals surface area contributed by atoms with Crippen molar-refractivity contribution in [1.82, 2.24) is 5.32 Å². The third kappa shape index (κ3) is 59.4. The van der Waals surface area contributed by atoms with Crippen LogP contribution < -0.4 is 5.32 Å². The molecule has 0 bridgehead atoms. The lowest BCUT2D eigenvalue weighted by Crippen LogP contribution is -2.47. The van der Waals surface area contributed by atoms with Crippen LogP contribution in [-0.2, 0) is 27.9 Å². The summed E-state index contributed by atoms with van der Waals surface area (Å²) in [5.41, 5.74) is 0. The number of rotatable bonds is 58. The SMILES string of the molecule is CC/C=C\C/C=C\C/C=C\C/C=C\C/C=C\C/C=C\CCCCCCCCCCC(=O)OC(/C=C\CCCCCCCCCCCC)C(COP(=O)(O)OCC[N+](C)(C)C)NC(=O)CCCCC/C=C\CCCCCCCCC. The number of allylic oxidation sites excluding steroid dienone is 15. The minimum Gasteiger partial charge on any atom is -0.456 e. The van der Waals surface area contributed by atoms with Gasteiger partial charge in [0.25, 0.3) is 0 Å². The van der Waals surface area contributed by atoms with Crippen molar-refractivity contribution in [2.24, 2.45) is 0 Å². The lowest BCUT2D eigenvalue weighted by atomic mass is 10.0. The summed E-state index contributed by atoms with van der Waals surface area (Å²) in [7, 11) is 1.47. The van der Waals surface area contributed by atoms with Crippen LogP contribution in [0.25, 0.3) is 0 Å². The number of hydrogen-bond donors (Lipinski definition) is 2. The summed E-state index contributed by atoms with van der Waals surface area (Å²) in [6, 6.07) is -0.864. The van der Waals surface area contributed by atoms with Crippen LogP contribution in [-0.4, -0.2) is 74.3 Å². The first-order chi connectivity index (χ1) is 38.4. The molecule has 10 heteroatoms. The standard InChI is InChI=1S/C69H123N2O7P/c1-7-10-13-16-19-22-25-28-30-31-32-33-34-35-36-37-38-39-40-41-42-44-47-50-53-56-59-62-69(73)78-67(60-57-54-51-48-45-27-24-21-18-15-12-9-3)66(65-77-79(74,75)76-64-63-71(4,5)6)70-68(72)61-58-55-52-49-46-43-29-26-23-20-17-14-11-8-2/h10,13,19,22,28,30,32-33,35-36,38-39,43,46,57,60,66-67H,7-9,11-12,14-18,20-21,23-27,29,31,34,37,40-42,44-45,47-56,58-59,61-65H2,1-6H3,(H-,70,72,74,75)/p+1/b13-10-,22-19-,30-28-,33-32-,36-35-,39-38-,46-43-,60-57-. The predicted molar refractivity (Wildman–Crippen MR) is 341 cm³/mol. The molecule has 0 rings (SSSR count). The first-order valence-corrected chi connectivity index (χ1v) is 34.1. The molecule has 0 saturated carbocycles. The molecule has 0 fully saturated rings. The van der Waals surface area contributed by atoms with Crippen LogP contribution in [0.5, 0.6) is 0 Å². The van der Waals surface area contributed by atoms with Crippen LogP contribution in [0.2, 0.25) is 0 Å². The topological polar surface area (TPSA) is 111 Å². The van der Waals surface area contributed by atoms with E-state index in [0.717, 1.165) is 122 Å². The van der Waals surface area contributed by atoms with E-state index in [2.05, 4.69) is 111 Å². The summed E-state index contributed by atoms with van der Waals surface area (Å²) in [5, 5.41) is 3.04. The van der Waals surface area contributed by atoms with Gasteiger partial charge in [0.1, 0.15) is 19.3 Å². The van der Waals surface area contributed by atoms with Crippen LogP contribution in [0.4, 0.5) is 0 Å². The minimum absolute atomic E-state index is 0.0326. The van der Waals surface area contributed by atoms with Gasteiger partial charge in [-0.2, -0.15) is 0 Å². The van der Waals surface area contributed by atoms with Crippen molar-refractivity contribution in [2.75, 3.05) is 40.9 Å². The molecule has 0 aliphatic heterocycles. The number of esters is 1. The Morgan fingerprint density at radius 1 is 0.456 bits per heavy atom. The number of nitrogens with one attached hydrogen (secondary N) is 1. The van der Waals surface area contributed by atoms with Gasteiger partial charge in [-0.05, 0) is 109 Å². The number of nitrogens with zero attached hydrogens (tertiary/aromatic N) is 1. The molecule has 3 unspecified atom stereocenters. The number of unbranched alkanes of at least 4 members (excludes halogenated alkanes) is 28. The highest BCUT2D eigenvalue weighted by atomic mass is 31.2. The summed E-state index contributed by atoms with van der Waals surface area (Å²) in [4.78, 5) is 37.7. The number of quaternary nitrogens is 1. The molecule has 0 aromatic carbocycles. The van der Waals surface area contributed by atoms with Crippen LogP contribution in [0.15, 0.2) is 97.2 Å². The zero-order valence-corrected chi connectivity index (χ0v) is 53.0. The number of phosphoric ester groups is 1. The van der Waals surface area contributed by atoms with Crippen molar-refractivity contribution in [1.29, 1.82) is 0 Å². The first-order valence-electron chi connectivity index (χ1n) is 32.6. The van der Waals surface area contributed by atoms with Gasteiger partial charge in [0.2, 0.25) is 5.91 Å². The van der Waals surface area contributed by atoms with Gasteiger partial charge < -0.3 is 19.4 Å². The summed E-state index contributed by atoms with van der Waals surface area (Å²) in [5.74, 6) is -0.534. The van der Waals surface area contributed by atoms with E-state index >= 15 is 0 Å². The molecule has 0 radical (unpaired) electrons. The zero-order chi connectivity index (χ0) is 57.9. The van der Waals surface area contributed by atoms with Crippen molar-refractivity contribution in [3.05, 3.63) is 97.2 Å². The maximum Gasteiger partial charge on any atom is 0.472 e. The van der Waals surface area contributed by atoms with E-state index in [1.807, 2.05) is 33.3 Å². The molecule has 0 saturated heterocycles. The maximum atomic E-state index is 13.5. The number of amides is 1. The average Bonchev–Trinajstić information content (AvgIpc) is 3.41. The fraction of sp³-hybridized carbons (Fsp3) is 0.739. The molecule has 0 aromatic rings. The molecule has 0 aromatic heterocycles. The van der Waals surface area contributed by atoms with E-state index in [1.165, 1.54) is 122 Å². The zero-order valence-electron chi connectivity index (χ0n) is 52.1. The van der Waals surface area contributed by atoms with E-state index in [4.69, 9.17) is 13.8 Å². The van der Waals surface area contributed by atoms with Crippen LogP contribution in [0, 0.1) is 0 Å². The Balaban J connectivity index is 5.14. The Labute approximate surface area is 488 Å². The van der Waals surface area contributed by atoms with Gasteiger partial charge in [-0.25, -0.2) is 4.57 Å². The third-order valence-electron chi connectivity index (χ3n) is 14.0. The fourth-order valence-corrected chi connectivity index (χ4v) is 9.73. The quantitative estimate of drug-likeness (QED) is 0.0205. The van der Waals surface area contributed by atoms with Gasteiger partial charge in [-0.3, -0.25) is 18.6 Å². The number of ether oxygens (including phenoxy) is 1. The van der Waals surface area contributed by atoms with Gasteiger partial charge in [0, 0.05) is 12.8 Å². The highest BCUT2D eigenvalue weighted by Crippen LogP contribution is 2.43. The molecule has 0 heterocycles. The van der Waals surface area contributed by atoms with E-state index in [-0.39, 0.29) is 31.5 Å². The molecular formula is C69H124N2O7P+. The average molecular weight is 1120 g/mol. The summed E-state index contributed by atoms with van der Waals surface area (Å²) >= 11 is 0. The molecule has 9 nitrogen and oxygen atoms in total. The van der Waals surface area contributed by atoms with E-state index in [9.17, 15) is 19.0 Å². The Morgan fingerprint density at radius 2 is 0.810 bits per heavy atom. The molecular weight excluding hydrogens is 1000 g/mol. The van der Waals surface area contributed by atoms with Gasteiger partial charge in [-0.1, -0.05) is 253 Å². The second-order valence-corrected chi connectivity index (χ2v) is 24.4. The first kappa shape index (κ1) is 75.9. The Bertz CT molecular complexity index is 1670. The Kier molecular flexibility index (Phi) is 55.9. The van der Waals surface area contributed by atoms with Gasteiger partial charge in [0.15, 0.2) is 0 Å². The van der Waals surface area contributed by atoms with E-state index < -0.39 is 20.0 Å². The normalized spacial score (nSPS) is 14.3. The minimum atomic E-state index is -4.46. The van der Waals surface area contributed by atoms with E-state index in [0.29, 0.717) is 17.4 Å². The molecule has 456 valence electrons. The monoisotopic (exact) mass is 1120 g/mol. The Morgan fingerprint density at radius 3 is 1.24 bits per heavy atom. The number of hydrogen-bond acceptors (Lipinski definition) is 6. The molecule has 0 aliphatic rings. The molecule has 1 amide bonds. The maximum absolute atomic E-state index is 13.5. The molecule has 3 atom stereocenters. The summed E-state index contributed by atoms with van der Waals surface area (Å²) in [6.45, 7) is 6.88. The smallest absolute Gasteiger partial charge is 0.456 e. The second kappa shape index (κ2) is 58.1. The summed E-state index contributed by atoms with van der Waals surface area (Å²) < 4.78 is 30.7. The number of carbonyl (C=O) groups excluding carboxylic acids is 2. The molecule has 0 spiro atoms. The molecule has 79 heavy (non-hydrogen) atoms. The van der Waals surface area contributed by atoms with Crippen molar-refractivity contribution in [3.63, 3.8) is 0 Å². The van der Waals surface area contributed by atoms with Crippen molar-refractivity contribution in [3.8, 4) is 0 Å². The second-order valence-electron chi connectivity index (χ2n) is 22.9. The predicted octanol–water partition coefficient (Wildman–Crippen LogP) is 20.3. The number of phosphoric acid groups is 1. The van der Waals surface area contributed by atoms with Crippen molar-refractivity contribution in [2.45, 2.75) is 290 Å². The fourth-order valence-electron chi connectivity index (χ4n) is 9.00. The highest BCUT2D eigenvalue weighted by molar-refractivity contribution is 7.47.